The molecule has 6 heteroatoms. The van der Waals surface area contributed by atoms with Gasteiger partial charge in [-0.3, -0.25) is 4.79 Å². The average Bonchev–Trinajstić information content (AvgIpc) is 2.60. The number of benzene rings is 1. The van der Waals surface area contributed by atoms with Crippen molar-refractivity contribution in [2.75, 3.05) is 20.3 Å². The van der Waals surface area contributed by atoms with Crippen molar-refractivity contribution in [3.8, 4) is 11.5 Å². The number of carbonyl (C=O) groups is 1. The van der Waals surface area contributed by atoms with Crippen LogP contribution in [-0.4, -0.2) is 26.3 Å². The zero-order valence-corrected chi connectivity index (χ0v) is 16.1. The number of fused-ring (bicyclic) bond motifs is 1. The molecule has 0 saturated heterocycles. The van der Waals surface area contributed by atoms with Crippen molar-refractivity contribution in [2.24, 2.45) is 0 Å². The third-order valence-electron chi connectivity index (χ3n) is 3.82. The van der Waals surface area contributed by atoms with Crippen molar-refractivity contribution in [3.63, 3.8) is 0 Å². The number of rotatable bonds is 8. The molecule has 0 aliphatic carbocycles. The Hall–Kier alpha value is -3.02. The first kappa shape index (κ1) is 20.3. The lowest BCUT2D eigenvalue weighted by molar-refractivity contribution is -0.139. The van der Waals surface area contributed by atoms with Gasteiger partial charge in [-0.2, -0.15) is 0 Å². The third-order valence-corrected chi connectivity index (χ3v) is 3.82. The Labute approximate surface area is 158 Å². The number of methoxy groups -OCH3 is 1. The summed E-state index contributed by atoms with van der Waals surface area (Å²) >= 11 is 0. The molecular formula is C21H24O6. The minimum absolute atomic E-state index is 0.172. The maximum Gasteiger partial charge on any atom is 0.340 e. The summed E-state index contributed by atoms with van der Waals surface area (Å²) in [5.74, 6) is 0.459. The Kier molecular flexibility index (Phi) is 6.45. The van der Waals surface area contributed by atoms with Crippen molar-refractivity contribution < 1.29 is 23.4 Å². The van der Waals surface area contributed by atoms with Crippen molar-refractivity contribution in [1.29, 1.82) is 0 Å². The maximum atomic E-state index is 12.4. The molecule has 27 heavy (non-hydrogen) atoms. The Balaban J connectivity index is 2.63. The van der Waals surface area contributed by atoms with Crippen molar-refractivity contribution in [1.82, 2.24) is 0 Å². The van der Waals surface area contributed by atoms with E-state index < -0.39 is 11.6 Å². The summed E-state index contributed by atoms with van der Waals surface area (Å²) in [6.45, 7) is 13.7. The van der Waals surface area contributed by atoms with Gasteiger partial charge in [-0.15, -0.1) is 0 Å². The van der Waals surface area contributed by atoms with E-state index >= 15 is 0 Å². The van der Waals surface area contributed by atoms with E-state index in [1.165, 1.54) is 7.11 Å². The fourth-order valence-corrected chi connectivity index (χ4v) is 2.51. The molecule has 0 spiro atoms. The molecule has 0 bridgehead atoms. The van der Waals surface area contributed by atoms with Gasteiger partial charge < -0.3 is 18.6 Å². The molecule has 0 amide bonds. The minimum Gasteiger partial charge on any atom is -0.489 e. The monoisotopic (exact) mass is 372 g/mol. The summed E-state index contributed by atoms with van der Waals surface area (Å²) in [4.78, 5) is 24.0. The van der Waals surface area contributed by atoms with Gasteiger partial charge in [0.05, 0.1) is 24.5 Å². The van der Waals surface area contributed by atoms with Gasteiger partial charge in [0.25, 0.3) is 0 Å². The second-order valence-corrected chi connectivity index (χ2v) is 6.53. The fraction of sp³-hybridized carbons (Fsp3) is 0.333. The summed E-state index contributed by atoms with van der Waals surface area (Å²) in [6.07, 6.45) is -0.172. The van der Waals surface area contributed by atoms with Crippen LogP contribution in [0, 0.1) is 6.92 Å². The highest BCUT2D eigenvalue weighted by Crippen LogP contribution is 2.34. The van der Waals surface area contributed by atoms with E-state index in [1.54, 1.807) is 19.1 Å². The lowest BCUT2D eigenvalue weighted by Crippen LogP contribution is -2.16. The molecule has 0 aliphatic rings. The van der Waals surface area contributed by atoms with E-state index in [1.807, 2.05) is 13.8 Å². The molecule has 0 atom stereocenters. The molecule has 1 heterocycles. The van der Waals surface area contributed by atoms with E-state index in [2.05, 4.69) is 17.9 Å². The van der Waals surface area contributed by atoms with E-state index in [0.29, 0.717) is 41.2 Å². The van der Waals surface area contributed by atoms with Crippen LogP contribution in [0.3, 0.4) is 0 Å². The highest BCUT2D eigenvalue weighted by molar-refractivity contribution is 5.90. The van der Waals surface area contributed by atoms with Gasteiger partial charge in [-0.05, 0) is 37.5 Å². The summed E-state index contributed by atoms with van der Waals surface area (Å²) in [5, 5.41) is 0.609. The van der Waals surface area contributed by atoms with Crippen molar-refractivity contribution >= 4 is 16.9 Å². The number of aryl methyl sites for hydroxylation is 1. The Morgan fingerprint density at radius 2 is 1.74 bits per heavy atom. The normalized spacial score (nSPS) is 10.5. The highest BCUT2D eigenvalue weighted by atomic mass is 16.5. The van der Waals surface area contributed by atoms with Crippen LogP contribution in [0.1, 0.15) is 25.0 Å². The first-order valence-corrected chi connectivity index (χ1v) is 8.44. The molecule has 0 fully saturated rings. The van der Waals surface area contributed by atoms with Crippen molar-refractivity contribution in [3.05, 3.63) is 58.0 Å². The lowest BCUT2D eigenvalue weighted by atomic mass is 10.0. The summed E-state index contributed by atoms with van der Waals surface area (Å²) in [7, 11) is 1.27. The first-order chi connectivity index (χ1) is 12.7. The van der Waals surface area contributed by atoms with E-state index in [-0.39, 0.29) is 12.0 Å². The molecule has 6 nitrogen and oxygen atoms in total. The van der Waals surface area contributed by atoms with E-state index in [9.17, 15) is 9.59 Å². The van der Waals surface area contributed by atoms with Crippen LogP contribution >= 0.6 is 0 Å². The number of esters is 1. The summed E-state index contributed by atoms with van der Waals surface area (Å²) in [6, 6.07) is 3.35. The largest absolute Gasteiger partial charge is 0.489 e. The van der Waals surface area contributed by atoms with Crippen LogP contribution in [-0.2, 0) is 16.0 Å². The molecule has 0 aliphatic heterocycles. The Morgan fingerprint density at radius 3 is 2.33 bits per heavy atom. The third kappa shape index (κ3) is 5.00. The van der Waals surface area contributed by atoms with Gasteiger partial charge in [-0.1, -0.05) is 13.2 Å². The number of carbonyl (C=O) groups excluding carboxylic acids is 1. The minimum atomic E-state index is -0.590. The molecule has 0 unspecified atom stereocenters. The maximum absolute atomic E-state index is 12.4. The first-order valence-electron chi connectivity index (χ1n) is 8.44. The molecule has 0 N–H and O–H groups in total. The number of hydrogen-bond donors (Lipinski definition) is 0. The van der Waals surface area contributed by atoms with Crippen LogP contribution in [0.15, 0.2) is 45.6 Å². The molecule has 1 aromatic heterocycles. The van der Waals surface area contributed by atoms with Gasteiger partial charge in [0, 0.05) is 12.1 Å². The van der Waals surface area contributed by atoms with Crippen LogP contribution in [0.4, 0.5) is 0 Å². The highest BCUT2D eigenvalue weighted by Gasteiger charge is 2.19. The Bertz CT molecular complexity index is 951. The summed E-state index contributed by atoms with van der Waals surface area (Å²) in [5.41, 5.74) is 2.27. The number of ether oxygens (including phenoxy) is 3. The topological polar surface area (TPSA) is 75.0 Å². The van der Waals surface area contributed by atoms with Crippen LogP contribution in [0.5, 0.6) is 11.5 Å². The molecule has 2 aromatic rings. The quantitative estimate of drug-likeness (QED) is 0.399. The van der Waals surface area contributed by atoms with Crippen molar-refractivity contribution in [2.45, 2.75) is 27.2 Å². The SMILES string of the molecule is C=C(C)COc1cc(OCC(=C)C)c2c(C)c(CC(=O)OC)c(=O)oc2c1. The van der Waals surface area contributed by atoms with Crippen LogP contribution in [0.2, 0.25) is 0 Å². The predicted octanol–water partition coefficient (Wildman–Crippen LogP) is 3.73. The predicted molar refractivity (Wildman–Crippen MR) is 104 cm³/mol. The molecule has 0 saturated carbocycles. The molecule has 1 aromatic carbocycles. The molecular weight excluding hydrogens is 348 g/mol. The number of hydrogen-bond acceptors (Lipinski definition) is 6. The molecule has 0 radical (unpaired) electrons. The average molecular weight is 372 g/mol. The van der Waals surface area contributed by atoms with Gasteiger partial charge >= 0.3 is 11.6 Å². The van der Waals surface area contributed by atoms with Gasteiger partial charge in [0.15, 0.2) is 0 Å². The smallest absolute Gasteiger partial charge is 0.340 e. The van der Waals surface area contributed by atoms with Gasteiger partial charge in [0.2, 0.25) is 0 Å². The Morgan fingerprint density at radius 1 is 1.11 bits per heavy atom. The van der Waals surface area contributed by atoms with E-state index in [0.717, 1.165) is 11.1 Å². The van der Waals surface area contributed by atoms with E-state index in [4.69, 9.17) is 13.9 Å². The lowest BCUT2D eigenvalue weighted by Gasteiger charge is -2.15. The van der Waals surface area contributed by atoms with Gasteiger partial charge in [-0.25, -0.2) is 4.79 Å². The zero-order chi connectivity index (χ0) is 20.1. The molecule has 144 valence electrons. The van der Waals surface area contributed by atoms with Crippen LogP contribution < -0.4 is 15.1 Å². The second kappa shape index (κ2) is 8.58. The van der Waals surface area contributed by atoms with Gasteiger partial charge in [0.1, 0.15) is 30.3 Å². The fourth-order valence-electron chi connectivity index (χ4n) is 2.51. The zero-order valence-electron chi connectivity index (χ0n) is 16.1. The molecule has 2 rings (SSSR count). The summed E-state index contributed by atoms with van der Waals surface area (Å²) < 4.78 is 21.6. The standard InChI is InChI=1S/C21H24O6/c1-12(2)10-25-15-7-17(26-11-13(3)4)20-14(5)16(9-19(22)24-6)21(23)27-18(20)8-15/h7-8H,1,3,9-11H2,2,4-6H3. The second-order valence-electron chi connectivity index (χ2n) is 6.53. The van der Waals surface area contributed by atoms with Crippen LogP contribution in [0.25, 0.3) is 11.0 Å².